The SMILES string of the molecule is CCc1ccccc1C(N)Cc1nc(C)cs1. The Labute approximate surface area is 107 Å². The fourth-order valence-corrected chi connectivity index (χ4v) is 2.84. The van der Waals surface area contributed by atoms with Crippen LogP contribution in [0, 0.1) is 6.92 Å². The molecule has 3 heteroatoms. The molecule has 0 aliphatic heterocycles. The fourth-order valence-electron chi connectivity index (χ4n) is 2.01. The summed E-state index contributed by atoms with van der Waals surface area (Å²) in [7, 11) is 0. The monoisotopic (exact) mass is 246 g/mol. The Morgan fingerprint density at radius 2 is 2.12 bits per heavy atom. The molecule has 1 atom stereocenters. The summed E-state index contributed by atoms with van der Waals surface area (Å²) in [5.41, 5.74) is 9.96. The van der Waals surface area contributed by atoms with Crippen molar-refractivity contribution >= 4 is 11.3 Å². The number of hydrogen-bond donors (Lipinski definition) is 1. The number of aromatic nitrogens is 1. The van der Waals surface area contributed by atoms with E-state index in [0.29, 0.717) is 0 Å². The molecule has 0 aliphatic rings. The van der Waals surface area contributed by atoms with E-state index >= 15 is 0 Å². The van der Waals surface area contributed by atoms with Crippen molar-refractivity contribution in [1.29, 1.82) is 0 Å². The number of nitrogens with zero attached hydrogens (tertiary/aromatic N) is 1. The van der Waals surface area contributed by atoms with Gasteiger partial charge in [-0.15, -0.1) is 11.3 Å². The average Bonchev–Trinajstić information content (AvgIpc) is 2.74. The van der Waals surface area contributed by atoms with Crippen LogP contribution in [0.25, 0.3) is 0 Å². The quantitative estimate of drug-likeness (QED) is 0.899. The zero-order valence-corrected chi connectivity index (χ0v) is 11.1. The Balaban J connectivity index is 2.16. The average molecular weight is 246 g/mol. The summed E-state index contributed by atoms with van der Waals surface area (Å²) in [5, 5.41) is 3.20. The zero-order chi connectivity index (χ0) is 12.3. The molecule has 0 radical (unpaired) electrons. The molecule has 2 aromatic rings. The van der Waals surface area contributed by atoms with E-state index in [-0.39, 0.29) is 6.04 Å². The van der Waals surface area contributed by atoms with E-state index in [2.05, 4.69) is 41.6 Å². The van der Waals surface area contributed by atoms with E-state index in [0.717, 1.165) is 23.5 Å². The van der Waals surface area contributed by atoms with Crippen molar-refractivity contribution in [2.24, 2.45) is 5.73 Å². The lowest BCUT2D eigenvalue weighted by atomic mass is 9.97. The van der Waals surface area contributed by atoms with Crippen molar-refractivity contribution in [3.05, 3.63) is 51.5 Å². The van der Waals surface area contributed by atoms with Crippen LogP contribution in [0.2, 0.25) is 0 Å². The summed E-state index contributed by atoms with van der Waals surface area (Å²) in [6.45, 7) is 4.19. The van der Waals surface area contributed by atoms with Gasteiger partial charge in [0.25, 0.3) is 0 Å². The lowest BCUT2D eigenvalue weighted by Crippen LogP contribution is -2.15. The van der Waals surface area contributed by atoms with Crippen LogP contribution >= 0.6 is 11.3 Å². The number of nitrogens with two attached hydrogens (primary N) is 1. The summed E-state index contributed by atoms with van der Waals surface area (Å²) in [6, 6.07) is 8.47. The highest BCUT2D eigenvalue weighted by atomic mass is 32.1. The maximum atomic E-state index is 6.28. The largest absolute Gasteiger partial charge is 0.324 e. The normalized spacial score (nSPS) is 12.6. The number of benzene rings is 1. The molecule has 2 rings (SSSR count). The third-order valence-electron chi connectivity index (χ3n) is 2.90. The molecule has 2 N–H and O–H groups in total. The molecule has 0 saturated heterocycles. The van der Waals surface area contributed by atoms with Crippen LogP contribution in [0.5, 0.6) is 0 Å². The minimum atomic E-state index is 0.0525. The van der Waals surface area contributed by atoms with Crippen LogP contribution in [0.3, 0.4) is 0 Å². The van der Waals surface area contributed by atoms with Crippen molar-refractivity contribution in [3.63, 3.8) is 0 Å². The highest BCUT2D eigenvalue weighted by Crippen LogP contribution is 2.22. The molecule has 2 nitrogen and oxygen atoms in total. The molecule has 0 saturated carbocycles. The Hall–Kier alpha value is -1.19. The Kier molecular flexibility index (Phi) is 3.92. The molecule has 0 bridgehead atoms. The summed E-state index contributed by atoms with van der Waals surface area (Å²) < 4.78 is 0. The number of thiazole rings is 1. The first-order valence-corrected chi connectivity index (χ1v) is 6.83. The van der Waals surface area contributed by atoms with Gasteiger partial charge < -0.3 is 5.73 Å². The second-order valence-electron chi connectivity index (χ2n) is 4.25. The predicted octanol–water partition coefficient (Wildman–Crippen LogP) is 3.26. The van der Waals surface area contributed by atoms with Crippen LogP contribution in [0.15, 0.2) is 29.6 Å². The van der Waals surface area contributed by atoms with Gasteiger partial charge >= 0.3 is 0 Å². The van der Waals surface area contributed by atoms with Crippen LogP contribution in [-0.4, -0.2) is 4.98 Å². The first-order valence-electron chi connectivity index (χ1n) is 5.95. The standard InChI is InChI=1S/C14H18N2S/c1-3-11-6-4-5-7-12(11)13(15)8-14-16-10(2)9-17-14/h4-7,9,13H,3,8,15H2,1-2H3. The molecule has 0 amide bonds. The van der Waals surface area contributed by atoms with Gasteiger partial charge in [0.15, 0.2) is 0 Å². The molecular weight excluding hydrogens is 228 g/mol. The number of rotatable bonds is 4. The van der Waals surface area contributed by atoms with Crippen molar-refractivity contribution < 1.29 is 0 Å². The van der Waals surface area contributed by atoms with Crippen molar-refractivity contribution in [1.82, 2.24) is 4.98 Å². The number of hydrogen-bond acceptors (Lipinski definition) is 3. The Morgan fingerprint density at radius 1 is 1.35 bits per heavy atom. The Morgan fingerprint density at radius 3 is 2.76 bits per heavy atom. The first-order chi connectivity index (χ1) is 8.20. The van der Waals surface area contributed by atoms with E-state index in [4.69, 9.17) is 5.73 Å². The van der Waals surface area contributed by atoms with Crippen molar-refractivity contribution in [2.75, 3.05) is 0 Å². The summed E-state index contributed by atoms with van der Waals surface area (Å²) in [4.78, 5) is 4.47. The summed E-state index contributed by atoms with van der Waals surface area (Å²) >= 11 is 1.69. The van der Waals surface area contributed by atoms with E-state index in [1.54, 1.807) is 11.3 Å². The minimum Gasteiger partial charge on any atom is -0.324 e. The Bertz CT molecular complexity index is 490. The fraction of sp³-hybridized carbons (Fsp3) is 0.357. The third-order valence-corrected chi connectivity index (χ3v) is 3.89. The molecular formula is C14H18N2S. The van der Waals surface area contributed by atoms with E-state index in [1.165, 1.54) is 11.1 Å². The topological polar surface area (TPSA) is 38.9 Å². The van der Waals surface area contributed by atoms with Crippen molar-refractivity contribution in [2.45, 2.75) is 32.7 Å². The van der Waals surface area contributed by atoms with Gasteiger partial charge in [0.2, 0.25) is 0 Å². The molecule has 1 unspecified atom stereocenters. The smallest absolute Gasteiger partial charge is 0.0947 e. The molecule has 0 aliphatic carbocycles. The second kappa shape index (κ2) is 5.43. The van der Waals surface area contributed by atoms with Gasteiger partial charge in [-0.3, -0.25) is 0 Å². The van der Waals surface area contributed by atoms with Crippen molar-refractivity contribution in [3.8, 4) is 0 Å². The van der Waals surface area contributed by atoms with Crippen LogP contribution in [-0.2, 0) is 12.8 Å². The van der Waals surface area contributed by atoms with Gasteiger partial charge in [-0.2, -0.15) is 0 Å². The highest BCUT2D eigenvalue weighted by molar-refractivity contribution is 7.09. The van der Waals surface area contributed by atoms with E-state index in [1.807, 2.05) is 6.92 Å². The zero-order valence-electron chi connectivity index (χ0n) is 10.3. The predicted molar refractivity (Wildman–Crippen MR) is 73.3 cm³/mol. The molecule has 1 aromatic heterocycles. The molecule has 0 fully saturated rings. The van der Waals surface area contributed by atoms with Gasteiger partial charge in [-0.05, 0) is 24.5 Å². The number of aryl methyl sites for hydroxylation is 2. The third kappa shape index (κ3) is 2.93. The lowest BCUT2D eigenvalue weighted by molar-refractivity contribution is 0.707. The molecule has 17 heavy (non-hydrogen) atoms. The summed E-state index contributed by atoms with van der Waals surface area (Å²) in [6.07, 6.45) is 1.86. The van der Waals surface area contributed by atoms with Crippen LogP contribution in [0.1, 0.15) is 34.8 Å². The van der Waals surface area contributed by atoms with E-state index in [9.17, 15) is 0 Å². The van der Waals surface area contributed by atoms with Gasteiger partial charge in [0, 0.05) is 23.5 Å². The van der Waals surface area contributed by atoms with Gasteiger partial charge in [-0.25, -0.2) is 4.98 Å². The minimum absolute atomic E-state index is 0.0525. The van der Waals surface area contributed by atoms with Crippen LogP contribution < -0.4 is 5.73 Å². The van der Waals surface area contributed by atoms with Gasteiger partial charge in [-0.1, -0.05) is 31.2 Å². The molecule has 0 spiro atoms. The van der Waals surface area contributed by atoms with E-state index < -0.39 is 0 Å². The molecule has 1 aromatic carbocycles. The molecule has 90 valence electrons. The molecule has 1 heterocycles. The highest BCUT2D eigenvalue weighted by Gasteiger charge is 2.12. The van der Waals surface area contributed by atoms with Gasteiger partial charge in [0.05, 0.1) is 5.01 Å². The maximum Gasteiger partial charge on any atom is 0.0947 e. The summed E-state index contributed by atoms with van der Waals surface area (Å²) in [5.74, 6) is 0. The van der Waals surface area contributed by atoms with Crippen LogP contribution in [0.4, 0.5) is 0 Å². The second-order valence-corrected chi connectivity index (χ2v) is 5.19. The lowest BCUT2D eigenvalue weighted by Gasteiger charge is -2.14. The van der Waals surface area contributed by atoms with Gasteiger partial charge in [0.1, 0.15) is 0 Å². The first kappa shape index (κ1) is 12.3. The maximum absolute atomic E-state index is 6.28.